The Morgan fingerprint density at radius 3 is 2.53 bits per heavy atom. The van der Waals surface area contributed by atoms with Crippen molar-refractivity contribution in [1.29, 1.82) is 0 Å². The minimum Gasteiger partial charge on any atom is -0.207 e. The quantitative estimate of drug-likeness (QED) is 0.741. The molecule has 0 unspecified atom stereocenters. The van der Waals surface area contributed by atoms with Gasteiger partial charge in [-0.05, 0) is 37.8 Å². The molecule has 5 heteroatoms. The van der Waals surface area contributed by atoms with Crippen molar-refractivity contribution < 1.29 is 8.42 Å². The van der Waals surface area contributed by atoms with Gasteiger partial charge in [-0.3, -0.25) is 0 Å². The summed E-state index contributed by atoms with van der Waals surface area (Å²) < 4.78 is 27.3. The summed E-state index contributed by atoms with van der Waals surface area (Å²) in [7, 11) is -3.35. The maximum atomic E-state index is 12.8. The lowest BCUT2D eigenvalue weighted by molar-refractivity contribution is 0.220. The molecule has 19 heavy (non-hydrogen) atoms. The van der Waals surface area contributed by atoms with E-state index in [4.69, 9.17) is 0 Å². The minimum absolute atomic E-state index is 0.198. The van der Waals surface area contributed by atoms with E-state index in [0.717, 1.165) is 36.6 Å². The van der Waals surface area contributed by atoms with Crippen molar-refractivity contribution in [3.63, 3.8) is 0 Å². The molecule has 0 bridgehead atoms. The zero-order valence-electron chi connectivity index (χ0n) is 11.2. The van der Waals surface area contributed by atoms with Gasteiger partial charge in [0, 0.05) is 17.9 Å². The fourth-order valence-electron chi connectivity index (χ4n) is 2.36. The molecule has 2 rings (SSSR count). The first-order chi connectivity index (χ1) is 9.07. The number of sulfonamides is 1. The summed E-state index contributed by atoms with van der Waals surface area (Å²) >= 11 is 3.38. The van der Waals surface area contributed by atoms with E-state index in [1.807, 2.05) is 19.1 Å². The van der Waals surface area contributed by atoms with Crippen molar-refractivity contribution in [3.05, 3.63) is 29.8 Å². The molecule has 0 radical (unpaired) electrons. The number of benzene rings is 1. The summed E-state index contributed by atoms with van der Waals surface area (Å²) in [4.78, 5) is 0.455. The van der Waals surface area contributed by atoms with E-state index in [-0.39, 0.29) is 6.04 Å². The predicted molar refractivity (Wildman–Crippen MR) is 81.1 cm³/mol. The van der Waals surface area contributed by atoms with Gasteiger partial charge < -0.3 is 0 Å². The van der Waals surface area contributed by atoms with E-state index in [0.29, 0.717) is 11.4 Å². The van der Waals surface area contributed by atoms with Crippen molar-refractivity contribution in [2.45, 2.75) is 43.5 Å². The molecule has 0 saturated heterocycles. The Bertz CT molecular complexity index is 526. The summed E-state index contributed by atoms with van der Waals surface area (Å²) in [5.41, 5.74) is 0.825. The fourth-order valence-corrected chi connectivity index (χ4v) is 4.56. The van der Waals surface area contributed by atoms with Crippen LogP contribution in [0, 0.1) is 6.92 Å². The summed E-state index contributed by atoms with van der Waals surface area (Å²) in [6.07, 6.45) is 3.97. The second-order valence-electron chi connectivity index (χ2n) is 5.01. The van der Waals surface area contributed by atoms with Crippen LogP contribution in [0.5, 0.6) is 0 Å². The lowest BCUT2D eigenvalue weighted by Gasteiger charge is -2.36. The van der Waals surface area contributed by atoms with E-state index < -0.39 is 10.0 Å². The highest BCUT2D eigenvalue weighted by atomic mass is 79.9. The van der Waals surface area contributed by atoms with Crippen LogP contribution in [0.4, 0.5) is 0 Å². The SMILES string of the molecule is Cc1ccccc1S(=O)(=O)N(CCCBr)C1CCC1. The Hall–Kier alpha value is -0.390. The number of aryl methyl sites for hydroxylation is 1. The van der Waals surface area contributed by atoms with Crippen LogP contribution >= 0.6 is 15.9 Å². The van der Waals surface area contributed by atoms with Crippen LogP contribution in [0.2, 0.25) is 0 Å². The lowest BCUT2D eigenvalue weighted by Crippen LogP contribution is -2.44. The number of rotatable bonds is 6. The van der Waals surface area contributed by atoms with E-state index >= 15 is 0 Å². The molecule has 1 aromatic carbocycles. The average Bonchev–Trinajstić information content (AvgIpc) is 2.32. The first-order valence-corrected chi connectivity index (χ1v) is 9.27. The minimum atomic E-state index is -3.35. The highest BCUT2D eigenvalue weighted by Gasteiger charge is 2.34. The second-order valence-corrected chi connectivity index (χ2v) is 7.66. The van der Waals surface area contributed by atoms with Gasteiger partial charge in [0.05, 0.1) is 4.90 Å². The van der Waals surface area contributed by atoms with Gasteiger partial charge in [0.15, 0.2) is 0 Å². The van der Waals surface area contributed by atoms with Crippen molar-refractivity contribution in [2.24, 2.45) is 0 Å². The summed E-state index contributed by atoms with van der Waals surface area (Å²) in [6, 6.07) is 7.44. The van der Waals surface area contributed by atoms with Gasteiger partial charge in [-0.2, -0.15) is 4.31 Å². The van der Waals surface area contributed by atoms with Crippen LogP contribution in [-0.4, -0.2) is 30.6 Å². The first-order valence-electron chi connectivity index (χ1n) is 6.71. The number of alkyl halides is 1. The molecule has 1 aliphatic rings. The maximum Gasteiger partial charge on any atom is 0.243 e. The molecule has 1 fully saturated rings. The topological polar surface area (TPSA) is 37.4 Å². The third-order valence-corrected chi connectivity index (χ3v) is 6.35. The normalized spacial score (nSPS) is 16.6. The van der Waals surface area contributed by atoms with Gasteiger partial charge in [0.25, 0.3) is 0 Å². The largest absolute Gasteiger partial charge is 0.243 e. The number of nitrogens with zero attached hydrogens (tertiary/aromatic N) is 1. The summed E-state index contributed by atoms with van der Waals surface area (Å²) in [5.74, 6) is 0. The number of hydrogen-bond acceptors (Lipinski definition) is 2. The van der Waals surface area contributed by atoms with Crippen molar-refractivity contribution in [2.75, 3.05) is 11.9 Å². The Morgan fingerprint density at radius 1 is 1.32 bits per heavy atom. The standard InChI is InChI=1S/C14H20BrNO2S/c1-12-6-2-3-9-14(12)19(17,18)16(11-5-10-15)13-7-4-8-13/h2-3,6,9,13H,4-5,7-8,10-11H2,1H3. The molecule has 0 N–H and O–H groups in total. The fraction of sp³-hybridized carbons (Fsp3) is 0.571. The van der Waals surface area contributed by atoms with Crippen molar-refractivity contribution in [1.82, 2.24) is 4.31 Å². The van der Waals surface area contributed by atoms with Gasteiger partial charge in [-0.25, -0.2) is 8.42 Å². The molecule has 106 valence electrons. The molecule has 1 saturated carbocycles. The molecule has 1 aliphatic carbocycles. The highest BCUT2D eigenvalue weighted by Crippen LogP contribution is 2.31. The van der Waals surface area contributed by atoms with Crippen molar-refractivity contribution in [3.8, 4) is 0 Å². The Kier molecular flexibility index (Phi) is 5.03. The Labute approximate surface area is 124 Å². The molecule has 3 nitrogen and oxygen atoms in total. The molecule has 0 atom stereocenters. The van der Waals surface area contributed by atoms with Gasteiger partial charge in [0.1, 0.15) is 0 Å². The molecule has 0 spiro atoms. The van der Waals surface area contributed by atoms with Gasteiger partial charge in [-0.1, -0.05) is 40.5 Å². The van der Waals surface area contributed by atoms with Crippen LogP contribution in [0.15, 0.2) is 29.2 Å². The zero-order valence-corrected chi connectivity index (χ0v) is 13.6. The van der Waals surface area contributed by atoms with E-state index in [9.17, 15) is 8.42 Å². The van der Waals surface area contributed by atoms with Crippen LogP contribution in [0.1, 0.15) is 31.2 Å². The maximum absolute atomic E-state index is 12.8. The predicted octanol–water partition coefficient (Wildman–Crippen LogP) is 3.32. The van der Waals surface area contributed by atoms with Gasteiger partial charge in [0.2, 0.25) is 10.0 Å². The third kappa shape index (κ3) is 3.20. The second kappa shape index (κ2) is 6.37. The molecule has 0 heterocycles. The molecular weight excluding hydrogens is 326 g/mol. The molecule has 0 aromatic heterocycles. The van der Waals surface area contributed by atoms with Crippen LogP contribution in [-0.2, 0) is 10.0 Å². The van der Waals surface area contributed by atoms with E-state index in [2.05, 4.69) is 15.9 Å². The number of halogens is 1. The zero-order chi connectivity index (χ0) is 13.9. The monoisotopic (exact) mass is 345 g/mol. The summed E-state index contributed by atoms with van der Waals surface area (Å²) in [5, 5.41) is 0.833. The number of hydrogen-bond donors (Lipinski definition) is 0. The van der Waals surface area contributed by atoms with Crippen LogP contribution < -0.4 is 0 Å². The van der Waals surface area contributed by atoms with Crippen LogP contribution in [0.3, 0.4) is 0 Å². The summed E-state index contributed by atoms with van der Waals surface area (Å²) in [6.45, 7) is 2.46. The Morgan fingerprint density at radius 2 is 2.00 bits per heavy atom. The molecule has 1 aromatic rings. The highest BCUT2D eigenvalue weighted by molar-refractivity contribution is 9.09. The average molecular weight is 346 g/mol. The van der Waals surface area contributed by atoms with E-state index in [1.54, 1.807) is 16.4 Å². The smallest absolute Gasteiger partial charge is 0.207 e. The van der Waals surface area contributed by atoms with Gasteiger partial charge in [-0.15, -0.1) is 0 Å². The van der Waals surface area contributed by atoms with Crippen LogP contribution in [0.25, 0.3) is 0 Å². The first kappa shape index (κ1) is 15.0. The van der Waals surface area contributed by atoms with Gasteiger partial charge >= 0.3 is 0 Å². The van der Waals surface area contributed by atoms with E-state index in [1.165, 1.54) is 0 Å². The molecule has 0 amide bonds. The Balaban J connectivity index is 2.31. The molecule has 0 aliphatic heterocycles. The lowest BCUT2D eigenvalue weighted by atomic mass is 9.93. The van der Waals surface area contributed by atoms with Crippen molar-refractivity contribution >= 4 is 26.0 Å². The third-order valence-electron chi connectivity index (χ3n) is 3.67. The molecular formula is C14H20BrNO2S.